The van der Waals surface area contributed by atoms with Crippen LogP contribution in [0.5, 0.6) is 5.75 Å². The van der Waals surface area contributed by atoms with E-state index in [2.05, 4.69) is 6.58 Å². The standard InChI is InChI=1S/C19H23NO5/c1-14-16(11-20(13-22)9-8-18(12-21)24-3)10-19(25-14)15-4-6-17(23-2)7-5-15/h4-7,10-11,13,18,21H,1,8-9,12H2,2-3H3/b16-11-. The Labute approximate surface area is 146 Å². The smallest absolute Gasteiger partial charge is 0.213 e. The molecule has 0 fully saturated rings. The maximum atomic E-state index is 11.3. The minimum absolute atomic E-state index is 0.0862. The van der Waals surface area contributed by atoms with Crippen LogP contribution in [0.1, 0.15) is 6.42 Å². The van der Waals surface area contributed by atoms with Gasteiger partial charge in [0.05, 0.1) is 19.8 Å². The first-order valence-electron chi connectivity index (χ1n) is 7.91. The highest BCUT2D eigenvalue weighted by Crippen LogP contribution is 2.20. The average Bonchev–Trinajstić information content (AvgIpc) is 3.02. The Kier molecular flexibility index (Phi) is 6.80. The summed E-state index contributed by atoms with van der Waals surface area (Å²) in [5, 5.41) is 9.85. The topological polar surface area (TPSA) is 72.1 Å². The van der Waals surface area contributed by atoms with Gasteiger partial charge in [-0.1, -0.05) is 6.58 Å². The zero-order valence-corrected chi connectivity index (χ0v) is 14.5. The fourth-order valence-electron chi connectivity index (χ4n) is 2.35. The zero-order chi connectivity index (χ0) is 18.2. The van der Waals surface area contributed by atoms with Crippen LogP contribution in [0, 0.1) is 0 Å². The highest BCUT2D eigenvalue weighted by atomic mass is 16.5. The van der Waals surface area contributed by atoms with Gasteiger partial charge in [-0.05, 0) is 36.8 Å². The van der Waals surface area contributed by atoms with Crippen LogP contribution in [0.15, 0.2) is 34.7 Å². The van der Waals surface area contributed by atoms with Crippen LogP contribution >= 0.6 is 0 Å². The third kappa shape index (κ3) is 4.95. The highest BCUT2D eigenvalue weighted by molar-refractivity contribution is 5.60. The van der Waals surface area contributed by atoms with Gasteiger partial charge in [-0.25, -0.2) is 0 Å². The van der Waals surface area contributed by atoms with Gasteiger partial charge in [0, 0.05) is 30.6 Å². The van der Waals surface area contributed by atoms with E-state index in [0.717, 1.165) is 22.9 Å². The molecule has 1 amide bonds. The molecule has 0 aliphatic heterocycles. The first-order valence-corrected chi connectivity index (χ1v) is 7.91. The summed E-state index contributed by atoms with van der Waals surface area (Å²) in [6, 6.07) is 9.31. The number of amides is 1. The summed E-state index contributed by atoms with van der Waals surface area (Å²) in [5.74, 6) is 1.43. The summed E-state index contributed by atoms with van der Waals surface area (Å²) in [5.41, 5.74) is 1.37. The minimum Gasteiger partial charge on any atom is -0.497 e. The second kappa shape index (κ2) is 9.05. The third-order valence-corrected chi connectivity index (χ3v) is 3.90. The maximum absolute atomic E-state index is 11.3. The van der Waals surface area contributed by atoms with Gasteiger partial charge < -0.3 is 23.9 Å². The molecular weight excluding hydrogens is 322 g/mol. The van der Waals surface area contributed by atoms with Crippen molar-refractivity contribution in [3.05, 3.63) is 41.0 Å². The van der Waals surface area contributed by atoms with Crippen molar-refractivity contribution in [1.29, 1.82) is 0 Å². The van der Waals surface area contributed by atoms with E-state index in [9.17, 15) is 4.79 Å². The number of carbonyl (C=O) groups excluding carboxylic acids is 1. The number of furan rings is 1. The fraction of sp³-hybridized carbons (Fsp3) is 0.316. The van der Waals surface area contributed by atoms with Crippen LogP contribution in [0.4, 0.5) is 0 Å². The molecule has 2 rings (SSSR count). The van der Waals surface area contributed by atoms with Crippen molar-refractivity contribution in [2.45, 2.75) is 12.5 Å². The molecule has 0 radical (unpaired) electrons. The summed E-state index contributed by atoms with van der Waals surface area (Å²) < 4.78 is 15.9. The van der Waals surface area contributed by atoms with Gasteiger partial charge in [-0.2, -0.15) is 0 Å². The molecule has 6 heteroatoms. The van der Waals surface area contributed by atoms with Crippen molar-refractivity contribution in [2.24, 2.45) is 0 Å². The zero-order valence-electron chi connectivity index (χ0n) is 14.5. The molecule has 1 atom stereocenters. The molecule has 2 aromatic rings. The van der Waals surface area contributed by atoms with E-state index in [1.807, 2.05) is 30.3 Å². The monoisotopic (exact) mass is 345 g/mol. The van der Waals surface area contributed by atoms with Crippen LogP contribution in [-0.2, 0) is 9.53 Å². The highest BCUT2D eigenvalue weighted by Gasteiger charge is 2.09. The van der Waals surface area contributed by atoms with E-state index >= 15 is 0 Å². The Hall–Kier alpha value is -2.57. The number of nitrogens with zero attached hydrogens (tertiary/aromatic N) is 1. The van der Waals surface area contributed by atoms with Crippen molar-refractivity contribution in [2.75, 3.05) is 27.4 Å². The molecule has 1 N–H and O–H groups in total. The van der Waals surface area contributed by atoms with Gasteiger partial charge in [0.15, 0.2) is 0 Å². The molecule has 1 unspecified atom stereocenters. The number of ether oxygens (including phenoxy) is 2. The first kappa shape index (κ1) is 18.8. The molecule has 0 saturated carbocycles. The van der Waals surface area contributed by atoms with Gasteiger partial charge in [0.1, 0.15) is 16.9 Å². The van der Waals surface area contributed by atoms with E-state index in [-0.39, 0.29) is 12.7 Å². The second-order valence-corrected chi connectivity index (χ2v) is 5.52. The number of rotatable bonds is 9. The number of hydrogen-bond acceptors (Lipinski definition) is 5. The molecule has 0 bridgehead atoms. The fourth-order valence-corrected chi connectivity index (χ4v) is 2.35. The SMILES string of the molecule is C=c1oc(-c2ccc(OC)cc2)c/c1=C/N(C=O)CCC(CO)OC. The van der Waals surface area contributed by atoms with Gasteiger partial charge in [-0.15, -0.1) is 0 Å². The van der Waals surface area contributed by atoms with Crippen LogP contribution in [-0.4, -0.2) is 49.9 Å². The van der Waals surface area contributed by atoms with E-state index in [4.69, 9.17) is 19.0 Å². The molecular formula is C19H23NO5. The molecule has 134 valence electrons. The summed E-state index contributed by atoms with van der Waals surface area (Å²) >= 11 is 0. The number of aliphatic hydroxyl groups excluding tert-OH is 1. The molecule has 1 heterocycles. The molecule has 6 nitrogen and oxygen atoms in total. The lowest BCUT2D eigenvalue weighted by Crippen LogP contribution is -2.28. The van der Waals surface area contributed by atoms with E-state index in [1.165, 1.54) is 12.0 Å². The number of methoxy groups -OCH3 is 2. The van der Waals surface area contributed by atoms with Crippen molar-refractivity contribution < 1.29 is 23.8 Å². The molecule has 1 aromatic carbocycles. The summed E-state index contributed by atoms with van der Waals surface area (Å²) in [7, 11) is 3.14. The maximum Gasteiger partial charge on any atom is 0.213 e. The quantitative estimate of drug-likeness (QED) is 0.686. The number of hydrogen-bond donors (Lipinski definition) is 1. The van der Waals surface area contributed by atoms with Gasteiger partial charge in [0.25, 0.3) is 0 Å². The van der Waals surface area contributed by atoms with Crippen molar-refractivity contribution in [3.8, 4) is 17.1 Å². The summed E-state index contributed by atoms with van der Waals surface area (Å²) in [6.45, 7) is 4.22. The van der Waals surface area contributed by atoms with Crippen LogP contribution < -0.4 is 15.4 Å². The number of aliphatic hydroxyl groups is 1. The Bertz CT molecular complexity index is 777. The van der Waals surface area contributed by atoms with Gasteiger partial charge in [-0.3, -0.25) is 4.79 Å². The van der Waals surface area contributed by atoms with Crippen molar-refractivity contribution in [1.82, 2.24) is 4.90 Å². The Balaban J connectivity index is 2.20. The lowest BCUT2D eigenvalue weighted by molar-refractivity contribution is -0.115. The van der Waals surface area contributed by atoms with Gasteiger partial charge >= 0.3 is 0 Å². The molecule has 0 aliphatic carbocycles. The molecule has 1 aromatic heterocycles. The minimum atomic E-state index is -0.297. The van der Waals surface area contributed by atoms with Crippen LogP contribution in [0.2, 0.25) is 0 Å². The third-order valence-electron chi connectivity index (χ3n) is 3.90. The van der Waals surface area contributed by atoms with Crippen molar-refractivity contribution in [3.63, 3.8) is 0 Å². The first-order chi connectivity index (χ1) is 12.1. The molecule has 0 spiro atoms. The van der Waals surface area contributed by atoms with E-state index in [1.54, 1.807) is 13.3 Å². The van der Waals surface area contributed by atoms with E-state index < -0.39 is 0 Å². The molecule has 25 heavy (non-hydrogen) atoms. The molecule has 0 aliphatic rings. The molecule has 0 saturated heterocycles. The lowest BCUT2D eigenvalue weighted by Gasteiger charge is -2.16. The summed E-state index contributed by atoms with van der Waals surface area (Å²) in [6.07, 6.45) is 2.63. The number of benzene rings is 1. The van der Waals surface area contributed by atoms with Gasteiger partial charge in [0.2, 0.25) is 6.41 Å². The number of carbonyl (C=O) groups is 1. The normalized spacial score (nSPS) is 12.8. The van der Waals surface area contributed by atoms with E-state index in [0.29, 0.717) is 24.1 Å². The Morgan fingerprint density at radius 3 is 2.60 bits per heavy atom. The van der Waals surface area contributed by atoms with Crippen LogP contribution in [0.25, 0.3) is 24.1 Å². The average molecular weight is 345 g/mol. The predicted octanol–water partition coefficient (Wildman–Crippen LogP) is 0.959. The second-order valence-electron chi connectivity index (χ2n) is 5.52. The Morgan fingerprint density at radius 1 is 1.32 bits per heavy atom. The van der Waals surface area contributed by atoms with Crippen molar-refractivity contribution >= 4 is 19.2 Å². The summed E-state index contributed by atoms with van der Waals surface area (Å²) in [4.78, 5) is 12.8. The Morgan fingerprint density at radius 2 is 2.04 bits per heavy atom. The predicted molar refractivity (Wildman–Crippen MR) is 95.2 cm³/mol. The largest absolute Gasteiger partial charge is 0.497 e. The van der Waals surface area contributed by atoms with Crippen LogP contribution in [0.3, 0.4) is 0 Å². The lowest BCUT2D eigenvalue weighted by atomic mass is 10.1.